The highest BCUT2D eigenvalue weighted by molar-refractivity contribution is 9.10. The highest BCUT2D eigenvalue weighted by Gasteiger charge is 2.13. The van der Waals surface area contributed by atoms with Gasteiger partial charge in [0.05, 0.1) is 0 Å². The fraction of sp³-hybridized carbons (Fsp3) is 0. The molecule has 3 aromatic carbocycles. The van der Waals surface area contributed by atoms with Gasteiger partial charge in [0, 0.05) is 27.2 Å². The standard InChI is InChI=1S/C22H16BrN7O/c23-14-6-8-17(9-7-14)25-19-20(28-22-21(27-19)29-31-30-22)26-18-12-10-16(11-13-18)24-15-4-2-1-3-5-15/h1-13,24H,(H,25,27,29)(H,26,28,30). The summed E-state index contributed by atoms with van der Waals surface area (Å²) in [7, 11) is 0. The number of rotatable bonds is 6. The summed E-state index contributed by atoms with van der Waals surface area (Å²) in [5, 5.41) is 17.5. The molecule has 8 nitrogen and oxygen atoms in total. The van der Waals surface area contributed by atoms with E-state index < -0.39 is 0 Å². The number of para-hydroxylation sites is 1. The van der Waals surface area contributed by atoms with E-state index in [1.54, 1.807) is 0 Å². The van der Waals surface area contributed by atoms with E-state index in [1.807, 2.05) is 78.9 Å². The first kappa shape index (κ1) is 19.0. The van der Waals surface area contributed by atoms with E-state index in [0.29, 0.717) is 22.9 Å². The molecule has 0 unspecified atom stereocenters. The monoisotopic (exact) mass is 473 g/mol. The van der Waals surface area contributed by atoms with Crippen LogP contribution in [0.25, 0.3) is 11.3 Å². The predicted octanol–water partition coefficient (Wildman–Crippen LogP) is 6.01. The smallest absolute Gasteiger partial charge is 0.245 e. The van der Waals surface area contributed by atoms with E-state index in [0.717, 1.165) is 27.2 Å². The zero-order valence-corrected chi connectivity index (χ0v) is 17.7. The van der Waals surface area contributed by atoms with Crippen LogP contribution < -0.4 is 16.0 Å². The van der Waals surface area contributed by atoms with Crippen LogP contribution in [-0.4, -0.2) is 20.3 Å². The first-order chi connectivity index (χ1) is 15.2. The molecule has 3 N–H and O–H groups in total. The number of benzene rings is 3. The van der Waals surface area contributed by atoms with Gasteiger partial charge < -0.3 is 16.0 Å². The molecule has 0 aliphatic carbocycles. The highest BCUT2D eigenvalue weighted by Crippen LogP contribution is 2.28. The average molecular weight is 474 g/mol. The third-order valence-electron chi connectivity index (χ3n) is 4.43. The Bertz CT molecular complexity index is 1310. The Morgan fingerprint density at radius 2 is 1.00 bits per heavy atom. The van der Waals surface area contributed by atoms with Crippen molar-refractivity contribution in [2.75, 3.05) is 16.0 Å². The van der Waals surface area contributed by atoms with Gasteiger partial charge in [0.1, 0.15) is 0 Å². The Balaban J connectivity index is 1.40. The number of nitrogens with zero attached hydrogens (tertiary/aromatic N) is 4. The maximum atomic E-state index is 4.77. The second kappa shape index (κ2) is 8.41. The van der Waals surface area contributed by atoms with Crippen LogP contribution in [0.4, 0.5) is 34.4 Å². The average Bonchev–Trinajstić information content (AvgIpc) is 3.25. The SMILES string of the molecule is Brc1ccc(Nc2nc3nonc3nc2Nc2ccc(Nc3ccccc3)cc2)cc1. The van der Waals surface area contributed by atoms with Crippen molar-refractivity contribution in [1.29, 1.82) is 0 Å². The number of hydrogen-bond acceptors (Lipinski definition) is 8. The molecule has 0 aliphatic heterocycles. The zero-order chi connectivity index (χ0) is 21.0. The third-order valence-corrected chi connectivity index (χ3v) is 4.96. The van der Waals surface area contributed by atoms with Crippen LogP contribution in [0.2, 0.25) is 0 Å². The van der Waals surface area contributed by atoms with Crippen molar-refractivity contribution in [3.05, 3.63) is 83.3 Å². The van der Waals surface area contributed by atoms with Gasteiger partial charge in [-0.2, -0.15) is 0 Å². The summed E-state index contributed by atoms with van der Waals surface area (Å²) in [6.07, 6.45) is 0. The number of anilines is 6. The molecule has 0 atom stereocenters. The molecule has 0 radical (unpaired) electrons. The number of hydrogen-bond donors (Lipinski definition) is 3. The number of nitrogens with one attached hydrogen (secondary N) is 3. The Kier molecular flexibility index (Phi) is 5.16. The van der Waals surface area contributed by atoms with Crippen molar-refractivity contribution in [3.8, 4) is 0 Å². The summed E-state index contributed by atoms with van der Waals surface area (Å²) in [6.45, 7) is 0. The van der Waals surface area contributed by atoms with Crippen LogP contribution in [0.1, 0.15) is 0 Å². The molecule has 0 spiro atoms. The maximum Gasteiger partial charge on any atom is 0.245 e. The summed E-state index contributed by atoms with van der Waals surface area (Å²) >= 11 is 3.44. The molecule has 2 heterocycles. The maximum absolute atomic E-state index is 4.77. The molecule has 9 heteroatoms. The van der Waals surface area contributed by atoms with Crippen molar-refractivity contribution >= 4 is 61.6 Å². The van der Waals surface area contributed by atoms with Gasteiger partial charge in [-0.3, -0.25) is 0 Å². The minimum absolute atomic E-state index is 0.325. The lowest BCUT2D eigenvalue weighted by Gasteiger charge is -2.12. The first-order valence-electron chi connectivity index (χ1n) is 9.45. The van der Waals surface area contributed by atoms with E-state index in [-0.39, 0.29) is 0 Å². The first-order valence-corrected chi connectivity index (χ1v) is 10.2. The number of fused-ring (bicyclic) bond motifs is 1. The van der Waals surface area contributed by atoms with Gasteiger partial charge in [-0.15, -0.1) is 0 Å². The molecule has 2 aromatic heterocycles. The Hall–Kier alpha value is -3.98. The van der Waals surface area contributed by atoms with Crippen LogP contribution in [-0.2, 0) is 0 Å². The van der Waals surface area contributed by atoms with Gasteiger partial charge in [0.2, 0.25) is 11.3 Å². The molecule has 0 saturated carbocycles. The van der Waals surface area contributed by atoms with Crippen LogP contribution >= 0.6 is 15.9 Å². The molecule has 0 amide bonds. The third kappa shape index (κ3) is 4.46. The van der Waals surface area contributed by atoms with E-state index in [4.69, 9.17) is 4.63 Å². The second-order valence-electron chi connectivity index (χ2n) is 6.66. The van der Waals surface area contributed by atoms with Gasteiger partial charge in [0.15, 0.2) is 11.6 Å². The number of aromatic nitrogens is 4. The molecular formula is C22H16BrN7O. The Morgan fingerprint density at radius 3 is 1.55 bits per heavy atom. The largest absolute Gasteiger partial charge is 0.356 e. The van der Waals surface area contributed by atoms with Crippen LogP contribution in [0.3, 0.4) is 0 Å². The molecule has 0 aliphatic rings. The summed E-state index contributed by atoms with van der Waals surface area (Å²) < 4.78 is 5.76. The van der Waals surface area contributed by atoms with Crippen molar-refractivity contribution in [1.82, 2.24) is 20.3 Å². The van der Waals surface area contributed by atoms with Crippen molar-refractivity contribution in [2.45, 2.75) is 0 Å². The molecule has 5 rings (SSSR count). The summed E-state index contributed by atoms with van der Waals surface area (Å²) in [5.41, 5.74) is 4.37. The fourth-order valence-electron chi connectivity index (χ4n) is 2.94. The van der Waals surface area contributed by atoms with Gasteiger partial charge in [-0.25, -0.2) is 14.6 Å². The van der Waals surface area contributed by atoms with Crippen LogP contribution in [0, 0.1) is 0 Å². The van der Waals surface area contributed by atoms with E-state index in [9.17, 15) is 0 Å². The minimum Gasteiger partial charge on any atom is -0.356 e. The van der Waals surface area contributed by atoms with Gasteiger partial charge in [0.25, 0.3) is 0 Å². The van der Waals surface area contributed by atoms with Crippen LogP contribution in [0.15, 0.2) is 88.0 Å². The zero-order valence-electron chi connectivity index (χ0n) is 16.1. The normalized spacial score (nSPS) is 10.7. The van der Waals surface area contributed by atoms with Crippen molar-refractivity contribution in [2.24, 2.45) is 0 Å². The quantitative estimate of drug-likeness (QED) is 0.275. The lowest BCUT2D eigenvalue weighted by atomic mass is 10.2. The summed E-state index contributed by atoms with van der Waals surface area (Å²) in [4.78, 5) is 9.00. The fourth-order valence-corrected chi connectivity index (χ4v) is 3.21. The van der Waals surface area contributed by atoms with Crippen molar-refractivity contribution in [3.63, 3.8) is 0 Å². The molecule has 0 fully saturated rings. The van der Waals surface area contributed by atoms with E-state index in [2.05, 4.69) is 52.2 Å². The molecule has 0 bridgehead atoms. The molecule has 152 valence electrons. The Labute approximate surface area is 185 Å². The van der Waals surface area contributed by atoms with E-state index in [1.165, 1.54) is 0 Å². The van der Waals surface area contributed by atoms with Crippen molar-refractivity contribution < 1.29 is 4.63 Å². The lowest BCUT2D eigenvalue weighted by Crippen LogP contribution is -2.03. The van der Waals surface area contributed by atoms with Gasteiger partial charge >= 0.3 is 0 Å². The Morgan fingerprint density at radius 1 is 0.548 bits per heavy atom. The highest BCUT2D eigenvalue weighted by atomic mass is 79.9. The number of halogens is 1. The van der Waals surface area contributed by atoms with Gasteiger partial charge in [-0.05, 0) is 71.0 Å². The minimum atomic E-state index is 0.325. The second-order valence-corrected chi connectivity index (χ2v) is 7.57. The molecule has 0 saturated heterocycles. The summed E-state index contributed by atoms with van der Waals surface area (Å²) in [5.74, 6) is 1.02. The molecule has 31 heavy (non-hydrogen) atoms. The molecular weight excluding hydrogens is 458 g/mol. The topological polar surface area (TPSA) is 101 Å². The van der Waals surface area contributed by atoms with E-state index >= 15 is 0 Å². The molecule has 5 aromatic rings. The predicted molar refractivity (Wildman–Crippen MR) is 124 cm³/mol. The van der Waals surface area contributed by atoms with Gasteiger partial charge in [-0.1, -0.05) is 34.1 Å². The lowest BCUT2D eigenvalue weighted by molar-refractivity contribution is 0.314. The summed E-state index contributed by atoms with van der Waals surface area (Å²) in [6, 6.07) is 25.7. The van der Waals surface area contributed by atoms with Crippen LogP contribution in [0.5, 0.6) is 0 Å².